The van der Waals surface area contributed by atoms with Gasteiger partial charge in [0, 0.05) is 5.41 Å². The number of nitrogens with two attached hydrogens (primary N) is 1. The van der Waals surface area contributed by atoms with Crippen LogP contribution < -0.4 is 5.14 Å². The van der Waals surface area contributed by atoms with Gasteiger partial charge in [0.1, 0.15) is 16.9 Å². The zero-order valence-corrected chi connectivity index (χ0v) is 10.5. The van der Waals surface area contributed by atoms with Crippen LogP contribution in [0.5, 0.6) is 0 Å². The van der Waals surface area contributed by atoms with Gasteiger partial charge in [0.05, 0.1) is 5.03 Å². The molecule has 16 heavy (non-hydrogen) atoms. The summed E-state index contributed by atoms with van der Waals surface area (Å²) in [4.78, 5) is 0.145. The third-order valence-electron chi connectivity index (χ3n) is 2.63. The van der Waals surface area contributed by atoms with E-state index in [1.807, 2.05) is 13.8 Å². The third kappa shape index (κ3) is 1.79. The molecule has 0 saturated carbocycles. The second kappa shape index (κ2) is 3.35. The molecule has 0 bridgehead atoms. The lowest BCUT2D eigenvalue weighted by molar-refractivity contribution is 0.355. The number of hydrogen-bond acceptors (Lipinski definition) is 3. The Kier molecular flexibility index (Phi) is 2.45. The number of primary sulfonamides is 1. The summed E-state index contributed by atoms with van der Waals surface area (Å²) >= 11 is 5.79. The molecule has 0 saturated heterocycles. The number of sulfonamides is 1. The number of ether oxygens (including phenoxy) is 1. The number of hydrogen-bond donors (Lipinski definition) is 1. The Morgan fingerprint density at radius 2 is 2.12 bits per heavy atom. The van der Waals surface area contributed by atoms with Crippen LogP contribution in [0.4, 0.5) is 0 Å². The first kappa shape index (κ1) is 11.7. The summed E-state index contributed by atoms with van der Waals surface area (Å²) in [5.74, 6) is 0.330. The molecule has 0 aromatic heterocycles. The van der Waals surface area contributed by atoms with E-state index in [4.69, 9.17) is 21.5 Å². The number of rotatable bonds is 1. The Balaban J connectivity index is 2.65. The summed E-state index contributed by atoms with van der Waals surface area (Å²) in [5.41, 5.74) is 0.228. The molecule has 0 atom stereocenters. The molecule has 0 aromatic carbocycles. The molecule has 4 nitrogen and oxygen atoms in total. The molecule has 1 heterocycles. The minimum Gasteiger partial charge on any atom is -0.462 e. The van der Waals surface area contributed by atoms with Crippen molar-refractivity contribution in [2.45, 2.75) is 20.3 Å². The van der Waals surface area contributed by atoms with Crippen LogP contribution in [0.15, 0.2) is 33.6 Å². The second-order valence-corrected chi connectivity index (χ2v) is 6.49. The highest BCUT2D eigenvalue weighted by atomic mass is 35.5. The van der Waals surface area contributed by atoms with Crippen molar-refractivity contribution in [1.29, 1.82) is 0 Å². The molecule has 0 radical (unpaired) electrons. The van der Waals surface area contributed by atoms with E-state index in [-0.39, 0.29) is 4.91 Å². The van der Waals surface area contributed by atoms with Gasteiger partial charge in [-0.15, -0.1) is 0 Å². The lowest BCUT2D eigenvalue weighted by Gasteiger charge is -2.19. The molecular formula is C10H12ClNO3S. The largest absolute Gasteiger partial charge is 0.462 e. The summed E-state index contributed by atoms with van der Waals surface area (Å²) in [5, 5.41) is 5.66. The van der Waals surface area contributed by atoms with Crippen molar-refractivity contribution in [2.24, 2.45) is 10.6 Å². The van der Waals surface area contributed by atoms with Crippen molar-refractivity contribution < 1.29 is 13.2 Å². The lowest BCUT2D eigenvalue weighted by atomic mass is 9.92. The predicted octanol–water partition coefficient (Wildman–Crippen LogP) is 1.95. The van der Waals surface area contributed by atoms with Gasteiger partial charge in [0.2, 0.25) is 10.0 Å². The van der Waals surface area contributed by atoms with Crippen LogP contribution in [0.1, 0.15) is 20.3 Å². The van der Waals surface area contributed by atoms with Crippen LogP contribution in [0.3, 0.4) is 0 Å². The molecule has 2 rings (SSSR count). The topological polar surface area (TPSA) is 69.4 Å². The van der Waals surface area contributed by atoms with Crippen molar-refractivity contribution in [2.75, 3.05) is 0 Å². The third-order valence-corrected chi connectivity index (χ3v) is 4.14. The van der Waals surface area contributed by atoms with Crippen molar-refractivity contribution in [3.05, 3.63) is 33.6 Å². The maximum atomic E-state index is 11.5. The smallest absolute Gasteiger partial charge is 0.238 e. The maximum absolute atomic E-state index is 11.5. The molecule has 6 heteroatoms. The fraction of sp³-hybridized carbons (Fsp3) is 0.400. The Labute approximate surface area is 99.5 Å². The molecule has 2 aliphatic rings. The van der Waals surface area contributed by atoms with E-state index in [2.05, 4.69) is 0 Å². The van der Waals surface area contributed by atoms with Crippen molar-refractivity contribution in [3.8, 4) is 0 Å². The molecule has 0 aromatic rings. The fourth-order valence-corrected chi connectivity index (χ4v) is 3.62. The number of fused-ring (bicyclic) bond motifs is 1. The molecule has 0 fully saturated rings. The Hall–Kier alpha value is -0.780. The molecule has 88 valence electrons. The molecule has 1 aliphatic heterocycles. The summed E-state index contributed by atoms with van der Waals surface area (Å²) in [6.07, 6.45) is 3.57. The minimum absolute atomic E-state index is 0.145. The first-order valence-electron chi connectivity index (χ1n) is 4.73. The normalized spacial score (nSPS) is 23.5. The van der Waals surface area contributed by atoms with E-state index in [0.717, 1.165) is 5.57 Å². The average Bonchev–Trinajstić information content (AvgIpc) is 2.32. The Morgan fingerprint density at radius 3 is 2.69 bits per heavy atom. The zero-order valence-electron chi connectivity index (χ0n) is 8.95. The minimum atomic E-state index is -3.76. The van der Waals surface area contributed by atoms with Gasteiger partial charge in [-0.25, -0.2) is 13.6 Å². The average molecular weight is 262 g/mol. The van der Waals surface area contributed by atoms with E-state index in [1.165, 1.54) is 6.26 Å². The van der Waals surface area contributed by atoms with E-state index in [9.17, 15) is 8.42 Å². The summed E-state index contributed by atoms with van der Waals surface area (Å²) in [6, 6.07) is 0. The van der Waals surface area contributed by atoms with Crippen LogP contribution in [0.2, 0.25) is 0 Å². The predicted molar refractivity (Wildman–Crippen MR) is 61.6 cm³/mol. The van der Waals surface area contributed by atoms with Gasteiger partial charge in [0.15, 0.2) is 0 Å². The van der Waals surface area contributed by atoms with Crippen LogP contribution >= 0.6 is 11.6 Å². The standard InChI is InChI=1S/C10H12ClNO3S/c1-10(2)4-6-3-7(11)5-15-8(6)9(10)16(12,13)14/h3,5H,4H2,1-2H3,(H2,12,13,14). The molecule has 0 unspecified atom stereocenters. The molecule has 2 N–H and O–H groups in total. The highest BCUT2D eigenvalue weighted by molar-refractivity contribution is 7.93. The van der Waals surface area contributed by atoms with Crippen molar-refractivity contribution >= 4 is 21.6 Å². The Bertz CT molecular complexity index is 540. The van der Waals surface area contributed by atoms with Crippen LogP contribution in [-0.2, 0) is 14.8 Å². The van der Waals surface area contributed by atoms with E-state index < -0.39 is 15.4 Å². The quantitative estimate of drug-likeness (QED) is 0.784. The van der Waals surface area contributed by atoms with Gasteiger partial charge in [-0.2, -0.15) is 0 Å². The van der Waals surface area contributed by atoms with Gasteiger partial charge >= 0.3 is 0 Å². The van der Waals surface area contributed by atoms with Gasteiger partial charge in [-0.05, 0) is 18.1 Å². The van der Waals surface area contributed by atoms with E-state index in [0.29, 0.717) is 17.2 Å². The SMILES string of the molecule is CC1(C)CC2=CC(Cl)=COC2=C1S(N)(=O)=O. The van der Waals surface area contributed by atoms with Gasteiger partial charge in [-0.3, -0.25) is 0 Å². The second-order valence-electron chi connectivity index (χ2n) is 4.55. The summed E-state index contributed by atoms with van der Waals surface area (Å²) < 4.78 is 28.3. The number of allylic oxidation sites excluding steroid dienone is 4. The fourth-order valence-electron chi connectivity index (χ4n) is 2.17. The highest BCUT2D eigenvalue weighted by Gasteiger charge is 2.43. The van der Waals surface area contributed by atoms with Gasteiger partial charge in [0.25, 0.3) is 0 Å². The van der Waals surface area contributed by atoms with E-state index in [1.54, 1.807) is 6.08 Å². The monoisotopic (exact) mass is 261 g/mol. The van der Waals surface area contributed by atoms with Crippen molar-refractivity contribution in [1.82, 2.24) is 0 Å². The summed E-state index contributed by atoms with van der Waals surface area (Å²) in [6.45, 7) is 3.63. The van der Waals surface area contributed by atoms with Gasteiger partial charge < -0.3 is 4.74 Å². The molecule has 1 aliphatic carbocycles. The Morgan fingerprint density at radius 1 is 1.50 bits per heavy atom. The number of halogens is 1. The molecule has 0 amide bonds. The van der Waals surface area contributed by atoms with Crippen LogP contribution in [-0.4, -0.2) is 8.42 Å². The van der Waals surface area contributed by atoms with Crippen molar-refractivity contribution in [3.63, 3.8) is 0 Å². The van der Waals surface area contributed by atoms with Crippen LogP contribution in [0, 0.1) is 5.41 Å². The van der Waals surface area contributed by atoms with Crippen LogP contribution in [0.25, 0.3) is 0 Å². The van der Waals surface area contributed by atoms with E-state index >= 15 is 0 Å². The molecule has 0 spiro atoms. The first-order valence-corrected chi connectivity index (χ1v) is 6.65. The molecular weight excluding hydrogens is 250 g/mol. The first-order chi connectivity index (χ1) is 7.22. The zero-order chi connectivity index (χ0) is 12.1. The lowest BCUT2D eigenvalue weighted by Crippen LogP contribution is -2.24. The maximum Gasteiger partial charge on any atom is 0.238 e. The highest BCUT2D eigenvalue weighted by Crippen LogP contribution is 2.49. The van der Waals surface area contributed by atoms with Gasteiger partial charge in [-0.1, -0.05) is 25.4 Å². The summed E-state index contributed by atoms with van der Waals surface area (Å²) in [7, 11) is -3.76.